The SMILES string of the molecule is COc1ccccc1NC(CO)c1cc(F)cc(F)c1. The van der Waals surface area contributed by atoms with E-state index in [0.29, 0.717) is 17.0 Å². The summed E-state index contributed by atoms with van der Waals surface area (Å²) in [5, 5.41) is 12.4. The van der Waals surface area contributed by atoms with Gasteiger partial charge < -0.3 is 15.2 Å². The monoisotopic (exact) mass is 279 g/mol. The van der Waals surface area contributed by atoms with Crippen LogP contribution in [0.5, 0.6) is 5.75 Å². The smallest absolute Gasteiger partial charge is 0.141 e. The zero-order valence-corrected chi connectivity index (χ0v) is 10.9. The predicted molar refractivity (Wildman–Crippen MR) is 72.8 cm³/mol. The lowest BCUT2D eigenvalue weighted by Gasteiger charge is -2.20. The van der Waals surface area contributed by atoms with Crippen molar-refractivity contribution in [1.82, 2.24) is 0 Å². The number of para-hydroxylation sites is 2. The van der Waals surface area contributed by atoms with Crippen LogP contribution in [0.25, 0.3) is 0 Å². The molecule has 1 atom stereocenters. The van der Waals surface area contributed by atoms with Gasteiger partial charge in [0, 0.05) is 6.07 Å². The first kappa shape index (κ1) is 14.3. The minimum atomic E-state index is -0.680. The number of hydrogen-bond acceptors (Lipinski definition) is 3. The van der Waals surface area contributed by atoms with Gasteiger partial charge in [0.15, 0.2) is 0 Å². The highest BCUT2D eigenvalue weighted by molar-refractivity contribution is 5.57. The van der Waals surface area contributed by atoms with Crippen molar-refractivity contribution in [2.75, 3.05) is 19.0 Å². The van der Waals surface area contributed by atoms with Crippen molar-refractivity contribution in [3.63, 3.8) is 0 Å². The molecule has 0 aliphatic heterocycles. The molecule has 0 aromatic heterocycles. The lowest BCUT2D eigenvalue weighted by Crippen LogP contribution is -2.15. The molecule has 0 spiro atoms. The van der Waals surface area contributed by atoms with Crippen LogP contribution in [0.3, 0.4) is 0 Å². The van der Waals surface area contributed by atoms with Crippen LogP contribution in [0.15, 0.2) is 42.5 Å². The Labute approximate surface area is 115 Å². The molecule has 0 fully saturated rings. The molecule has 0 bridgehead atoms. The summed E-state index contributed by atoms with van der Waals surface area (Å²) in [4.78, 5) is 0. The minimum Gasteiger partial charge on any atom is -0.495 e. The fourth-order valence-electron chi connectivity index (χ4n) is 1.96. The number of halogens is 2. The Balaban J connectivity index is 2.28. The Morgan fingerprint density at radius 3 is 2.40 bits per heavy atom. The number of methoxy groups -OCH3 is 1. The second-order valence-corrected chi connectivity index (χ2v) is 4.28. The molecule has 1 unspecified atom stereocenters. The van der Waals surface area contributed by atoms with Gasteiger partial charge in [0.1, 0.15) is 17.4 Å². The molecule has 2 aromatic rings. The van der Waals surface area contributed by atoms with Gasteiger partial charge in [0.2, 0.25) is 0 Å². The van der Waals surface area contributed by atoms with Gasteiger partial charge in [0.25, 0.3) is 0 Å². The molecule has 0 aliphatic carbocycles. The van der Waals surface area contributed by atoms with Crippen molar-refractivity contribution in [3.8, 4) is 5.75 Å². The molecular weight excluding hydrogens is 264 g/mol. The summed E-state index contributed by atoms with van der Waals surface area (Å²) in [6, 6.07) is 9.65. The average molecular weight is 279 g/mol. The van der Waals surface area contributed by atoms with E-state index in [1.165, 1.54) is 19.2 Å². The number of aliphatic hydroxyl groups excluding tert-OH is 1. The summed E-state index contributed by atoms with van der Waals surface area (Å²) in [5.74, 6) is -0.775. The highest BCUT2D eigenvalue weighted by atomic mass is 19.1. The van der Waals surface area contributed by atoms with Crippen LogP contribution in [-0.2, 0) is 0 Å². The minimum absolute atomic E-state index is 0.305. The largest absolute Gasteiger partial charge is 0.495 e. The van der Waals surface area contributed by atoms with Crippen LogP contribution in [-0.4, -0.2) is 18.8 Å². The summed E-state index contributed by atoms with van der Waals surface area (Å²) >= 11 is 0. The first-order valence-electron chi connectivity index (χ1n) is 6.10. The van der Waals surface area contributed by atoms with Crippen LogP contribution in [0, 0.1) is 11.6 Å². The Kier molecular flexibility index (Phi) is 4.53. The van der Waals surface area contributed by atoms with E-state index >= 15 is 0 Å². The van der Waals surface area contributed by atoms with Gasteiger partial charge in [0.05, 0.1) is 25.4 Å². The van der Waals surface area contributed by atoms with E-state index in [2.05, 4.69) is 5.32 Å². The fourth-order valence-corrected chi connectivity index (χ4v) is 1.96. The van der Waals surface area contributed by atoms with Crippen molar-refractivity contribution < 1.29 is 18.6 Å². The van der Waals surface area contributed by atoms with Gasteiger partial charge in [-0.15, -0.1) is 0 Å². The van der Waals surface area contributed by atoms with Gasteiger partial charge in [-0.25, -0.2) is 8.78 Å². The molecule has 0 amide bonds. The van der Waals surface area contributed by atoms with Gasteiger partial charge in [-0.1, -0.05) is 12.1 Å². The van der Waals surface area contributed by atoms with Crippen molar-refractivity contribution in [2.45, 2.75) is 6.04 Å². The number of aliphatic hydroxyl groups is 1. The first-order chi connectivity index (χ1) is 9.63. The van der Waals surface area contributed by atoms with Gasteiger partial charge in [-0.05, 0) is 29.8 Å². The van der Waals surface area contributed by atoms with E-state index in [0.717, 1.165) is 6.07 Å². The summed E-state index contributed by atoms with van der Waals surface area (Å²) in [7, 11) is 1.52. The van der Waals surface area contributed by atoms with Gasteiger partial charge in [-0.2, -0.15) is 0 Å². The van der Waals surface area contributed by atoms with Crippen molar-refractivity contribution in [2.24, 2.45) is 0 Å². The Morgan fingerprint density at radius 1 is 1.15 bits per heavy atom. The Morgan fingerprint density at radius 2 is 1.80 bits per heavy atom. The summed E-state index contributed by atoms with van der Waals surface area (Å²) in [5.41, 5.74) is 0.967. The standard InChI is InChI=1S/C15H15F2NO2/c1-20-15-5-3-2-4-13(15)18-14(9-19)10-6-11(16)8-12(17)7-10/h2-8,14,18-19H,9H2,1H3. The Hall–Kier alpha value is -2.14. The summed E-state index contributed by atoms with van der Waals surface area (Å²) in [6.45, 7) is -0.305. The topological polar surface area (TPSA) is 41.5 Å². The van der Waals surface area contributed by atoms with Crippen LogP contribution in [0.4, 0.5) is 14.5 Å². The van der Waals surface area contributed by atoms with Crippen LogP contribution in [0.1, 0.15) is 11.6 Å². The van der Waals surface area contributed by atoms with Crippen molar-refractivity contribution >= 4 is 5.69 Å². The summed E-state index contributed by atoms with van der Waals surface area (Å²) < 4.78 is 31.7. The lowest BCUT2D eigenvalue weighted by atomic mass is 10.1. The molecule has 0 heterocycles. The van der Waals surface area contributed by atoms with E-state index < -0.39 is 17.7 Å². The molecule has 2 rings (SSSR count). The third kappa shape index (κ3) is 3.24. The predicted octanol–water partition coefficient (Wildman–Crippen LogP) is 3.12. The number of ether oxygens (including phenoxy) is 1. The molecule has 3 nitrogen and oxygen atoms in total. The lowest BCUT2D eigenvalue weighted by molar-refractivity contribution is 0.275. The molecule has 2 aromatic carbocycles. The number of anilines is 1. The van der Waals surface area contributed by atoms with E-state index in [1.807, 2.05) is 0 Å². The second kappa shape index (κ2) is 6.34. The molecule has 0 radical (unpaired) electrons. The van der Waals surface area contributed by atoms with E-state index in [4.69, 9.17) is 4.74 Å². The zero-order chi connectivity index (χ0) is 14.5. The van der Waals surface area contributed by atoms with Crippen LogP contribution in [0.2, 0.25) is 0 Å². The molecule has 0 saturated carbocycles. The number of benzene rings is 2. The van der Waals surface area contributed by atoms with Crippen LogP contribution >= 0.6 is 0 Å². The van der Waals surface area contributed by atoms with Gasteiger partial charge in [-0.3, -0.25) is 0 Å². The molecule has 0 saturated heterocycles. The molecule has 20 heavy (non-hydrogen) atoms. The Bertz CT molecular complexity index is 570. The van der Waals surface area contributed by atoms with Gasteiger partial charge >= 0.3 is 0 Å². The molecule has 0 aliphatic rings. The average Bonchev–Trinajstić information content (AvgIpc) is 2.44. The maximum absolute atomic E-state index is 13.2. The number of rotatable bonds is 5. The second-order valence-electron chi connectivity index (χ2n) is 4.28. The summed E-state index contributed by atoms with van der Waals surface area (Å²) in [6.07, 6.45) is 0. The molecule has 106 valence electrons. The molecule has 2 N–H and O–H groups in total. The van der Waals surface area contributed by atoms with E-state index in [1.54, 1.807) is 24.3 Å². The zero-order valence-electron chi connectivity index (χ0n) is 10.9. The van der Waals surface area contributed by atoms with Crippen molar-refractivity contribution in [1.29, 1.82) is 0 Å². The third-order valence-electron chi connectivity index (χ3n) is 2.91. The molecular formula is C15H15F2NO2. The maximum Gasteiger partial charge on any atom is 0.141 e. The van der Waals surface area contributed by atoms with Crippen molar-refractivity contribution in [3.05, 3.63) is 59.7 Å². The quantitative estimate of drug-likeness (QED) is 0.883. The maximum atomic E-state index is 13.2. The van der Waals surface area contributed by atoms with E-state index in [-0.39, 0.29) is 6.61 Å². The molecule has 5 heteroatoms. The third-order valence-corrected chi connectivity index (χ3v) is 2.91. The fraction of sp³-hybridized carbons (Fsp3) is 0.200. The first-order valence-corrected chi connectivity index (χ1v) is 6.10. The number of nitrogens with one attached hydrogen (secondary N) is 1. The number of hydrogen-bond donors (Lipinski definition) is 2. The van der Waals surface area contributed by atoms with Crippen LogP contribution < -0.4 is 10.1 Å². The van der Waals surface area contributed by atoms with E-state index in [9.17, 15) is 13.9 Å². The highest BCUT2D eigenvalue weighted by Gasteiger charge is 2.14. The highest BCUT2D eigenvalue weighted by Crippen LogP contribution is 2.28. The normalized spacial score (nSPS) is 12.0.